The second-order valence-electron chi connectivity index (χ2n) is 9.19. The first-order chi connectivity index (χ1) is 16.7. The van der Waals surface area contributed by atoms with Crippen LogP contribution in [0.4, 0.5) is 0 Å². The topological polar surface area (TPSA) is 60.7 Å². The predicted octanol–water partition coefficient (Wildman–Crippen LogP) is 7.23. The van der Waals surface area contributed by atoms with Gasteiger partial charge in [-0.3, -0.25) is 9.36 Å². The van der Waals surface area contributed by atoms with E-state index in [9.17, 15) is 4.79 Å². The van der Waals surface area contributed by atoms with Crippen LogP contribution in [0.5, 0.6) is 0 Å². The molecule has 0 aliphatic heterocycles. The van der Waals surface area contributed by atoms with Crippen molar-refractivity contribution in [3.63, 3.8) is 0 Å². The zero-order valence-corrected chi connectivity index (χ0v) is 21.7. The van der Waals surface area contributed by atoms with Crippen molar-refractivity contribution in [2.45, 2.75) is 37.0 Å². The first-order valence-corrected chi connectivity index (χ1v) is 12.8. The highest BCUT2D eigenvalue weighted by atomic mass is 35.5. The molecular formula is C27H22Cl2N4OS. The number of hydrogen-bond acceptors (Lipinski definition) is 5. The molecule has 2 heterocycles. The molecule has 0 amide bonds. The molecule has 5 nitrogen and oxygen atoms in total. The lowest BCUT2D eigenvalue weighted by Crippen LogP contribution is -2.23. The SMILES string of the molecule is CC(C)(C)c1nc(SCc2nc3ccccc3c(=O)n2-c2ccc(Cl)c(Cl)c2)c2ccccc2n1. The molecule has 35 heavy (non-hydrogen) atoms. The van der Waals surface area contributed by atoms with E-state index in [1.54, 1.807) is 28.8 Å². The minimum atomic E-state index is -0.206. The smallest absolute Gasteiger partial charge is 0.265 e. The third-order valence-corrected chi connectivity index (χ3v) is 7.31. The fraction of sp³-hybridized carbons (Fsp3) is 0.185. The highest BCUT2D eigenvalue weighted by Crippen LogP contribution is 2.32. The normalized spacial score (nSPS) is 11.9. The van der Waals surface area contributed by atoms with E-state index in [0.717, 1.165) is 21.8 Å². The number of hydrogen-bond donors (Lipinski definition) is 0. The van der Waals surface area contributed by atoms with Crippen molar-refractivity contribution in [1.82, 2.24) is 19.5 Å². The van der Waals surface area contributed by atoms with Crippen LogP contribution in [-0.2, 0) is 11.2 Å². The third kappa shape index (κ3) is 4.66. The van der Waals surface area contributed by atoms with Gasteiger partial charge in [0.25, 0.3) is 5.56 Å². The largest absolute Gasteiger partial charge is 0.268 e. The average Bonchev–Trinajstić information content (AvgIpc) is 2.84. The van der Waals surface area contributed by atoms with Gasteiger partial charge in [-0.2, -0.15) is 0 Å². The number of para-hydroxylation sites is 2. The Morgan fingerprint density at radius 1 is 0.829 bits per heavy atom. The summed E-state index contributed by atoms with van der Waals surface area (Å²) in [6.07, 6.45) is 0. The van der Waals surface area contributed by atoms with Gasteiger partial charge in [0.1, 0.15) is 16.7 Å². The Bertz CT molecular complexity index is 1640. The summed E-state index contributed by atoms with van der Waals surface area (Å²) in [5.74, 6) is 1.79. The maximum Gasteiger partial charge on any atom is 0.265 e. The van der Waals surface area contributed by atoms with E-state index >= 15 is 0 Å². The molecule has 3 aromatic carbocycles. The standard InChI is InChI=1S/C27H22Cl2N4OS/c1-27(2,3)26-31-21-10-6-4-8-17(21)24(32-26)35-15-23-30-22-11-7-5-9-18(22)25(34)33(23)16-12-13-19(28)20(29)14-16/h4-14H,15H2,1-3H3. The van der Waals surface area contributed by atoms with Gasteiger partial charge in [0.15, 0.2) is 0 Å². The Morgan fingerprint density at radius 3 is 2.17 bits per heavy atom. The van der Waals surface area contributed by atoms with E-state index in [1.807, 2.05) is 42.5 Å². The molecule has 5 aromatic rings. The molecule has 0 N–H and O–H groups in total. The molecule has 0 aliphatic carbocycles. The molecule has 0 unspecified atom stereocenters. The lowest BCUT2D eigenvalue weighted by Gasteiger charge is -2.19. The van der Waals surface area contributed by atoms with Gasteiger partial charge in [0, 0.05) is 10.8 Å². The number of halogens is 2. The Kier molecular flexibility index (Phi) is 6.30. The Labute approximate surface area is 217 Å². The summed E-state index contributed by atoms with van der Waals surface area (Å²) in [5.41, 5.74) is 1.78. The van der Waals surface area contributed by atoms with Gasteiger partial charge in [-0.05, 0) is 36.4 Å². The van der Waals surface area contributed by atoms with Crippen LogP contribution in [0.2, 0.25) is 10.0 Å². The molecule has 176 valence electrons. The van der Waals surface area contributed by atoms with E-state index in [-0.39, 0.29) is 11.0 Å². The molecule has 0 atom stereocenters. The number of nitrogens with zero attached hydrogens (tertiary/aromatic N) is 4. The third-order valence-electron chi connectivity index (χ3n) is 5.58. The van der Waals surface area contributed by atoms with Crippen LogP contribution in [-0.4, -0.2) is 19.5 Å². The van der Waals surface area contributed by atoms with E-state index in [2.05, 4.69) is 20.8 Å². The predicted molar refractivity (Wildman–Crippen MR) is 145 cm³/mol. The van der Waals surface area contributed by atoms with Gasteiger partial charge in [0.05, 0.1) is 37.9 Å². The molecule has 0 aliphatic rings. The molecule has 0 radical (unpaired) electrons. The summed E-state index contributed by atoms with van der Waals surface area (Å²) >= 11 is 14.0. The Balaban J connectivity index is 1.65. The van der Waals surface area contributed by atoms with Gasteiger partial charge in [0.2, 0.25) is 0 Å². The number of aromatic nitrogens is 4. The minimum absolute atomic E-state index is 0.160. The van der Waals surface area contributed by atoms with Crippen molar-refractivity contribution in [3.05, 3.63) is 98.8 Å². The second kappa shape index (κ2) is 9.26. The second-order valence-corrected chi connectivity index (χ2v) is 11.0. The summed E-state index contributed by atoms with van der Waals surface area (Å²) in [7, 11) is 0. The van der Waals surface area contributed by atoms with Crippen LogP contribution in [0.25, 0.3) is 27.5 Å². The number of benzene rings is 3. The molecule has 0 fully saturated rings. The van der Waals surface area contributed by atoms with Crippen molar-refractivity contribution in [2.24, 2.45) is 0 Å². The maximum atomic E-state index is 13.6. The van der Waals surface area contributed by atoms with Crippen molar-refractivity contribution in [2.75, 3.05) is 0 Å². The maximum absolute atomic E-state index is 13.6. The lowest BCUT2D eigenvalue weighted by molar-refractivity contribution is 0.542. The highest BCUT2D eigenvalue weighted by molar-refractivity contribution is 7.98. The van der Waals surface area contributed by atoms with Crippen molar-refractivity contribution in [3.8, 4) is 5.69 Å². The van der Waals surface area contributed by atoms with Gasteiger partial charge in [-0.25, -0.2) is 15.0 Å². The van der Waals surface area contributed by atoms with Crippen LogP contribution >= 0.6 is 35.0 Å². The first kappa shape index (κ1) is 23.8. The monoisotopic (exact) mass is 520 g/mol. The molecule has 0 spiro atoms. The van der Waals surface area contributed by atoms with Crippen LogP contribution in [0.15, 0.2) is 76.6 Å². The van der Waals surface area contributed by atoms with Crippen molar-refractivity contribution >= 4 is 56.8 Å². The van der Waals surface area contributed by atoms with E-state index in [0.29, 0.717) is 38.2 Å². The number of thioether (sulfide) groups is 1. The van der Waals surface area contributed by atoms with Gasteiger partial charge in [-0.15, -0.1) is 0 Å². The zero-order chi connectivity index (χ0) is 24.7. The van der Waals surface area contributed by atoms with Crippen molar-refractivity contribution < 1.29 is 0 Å². The van der Waals surface area contributed by atoms with E-state index in [1.165, 1.54) is 11.8 Å². The Morgan fingerprint density at radius 2 is 1.49 bits per heavy atom. The molecule has 0 saturated carbocycles. The van der Waals surface area contributed by atoms with Gasteiger partial charge >= 0.3 is 0 Å². The summed E-state index contributed by atoms with van der Waals surface area (Å²) in [4.78, 5) is 28.1. The summed E-state index contributed by atoms with van der Waals surface area (Å²) < 4.78 is 1.60. The van der Waals surface area contributed by atoms with Crippen molar-refractivity contribution in [1.29, 1.82) is 0 Å². The number of fused-ring (bicyclic) bond motifs is 2. The van der Waals surface area contributed by atoms with Gasteiger partial charge < -0.3 is 0 Å². The Hall–Kier alpha value is -2.93. The molecule has 2 aromatic heterocycles. The fourth-order valence-corrected chi connectivity index (χ4v) is 5.02. The van der Waals surface area contributed by atoms with Gasteiger partial charge in [-0.1, -0.05) is 86.1 Å². The number of rotatable bonds is 4. The van der Waals surface area contributed by atoms with Crippen LogP contribution in [0, 0.1) is 0 Å². The molecule has 0 saturated heterocycles. The minimum Gasteiger partial charge on any atom is -0.268 e. The highest BCUT2D eigenvalue weighted by Gasteiger charge is 2.21. The fourth-order valence-electron chi connectivity index (χ4n) is 3.79. The molecular weight excluding hydrogens is 499 g/mol. The summed E-state index contributed by atoms with van der Waals surface area (Å²) in [5, 5.41) is 3.16. The first-order valence-electron chi connectivity index (χ1n) is 11.1. The molecule has 8 heteroatoms. The summed E-state index contributed by atoms with van der Waals surface area (Å²) in [6, 6.07) is 20.5. The van der Waals surface area contributed by atoms with Crippen LogP contribution < -0.4 is 5.56 Å². The van der Waals surface area contributed by atoms with E-state index in [4.69, 9.17) is 38.2 Å². The quantitative estimate of drug-likeness (QED) is 0.185. The average molecular weight is 521 g/mol. The molecule has 0 bridgehead atoms. The van der Waals surface area contributed by atoms with Crippen LogP contribution in [0.3, 0.4) is 0 Å². The molecule has 5 rings (SSSR count). The van der Waals surface area contributed by atoms with Crippen LogP contribution in [0.1, 0.15) is 32.4 Å². The summed E-state index contributed by atoms with van der Waals surface area (Å²) in [6.45, 7) is 6.29. The lowest BCUT2D eigenvalue weighted by atomic mass is 9.95. The zero-order valence-electron chi connectivity index (χ0n) is 19.4. The van der Waals surface area contributed by atoms with E-state index < -0.39 is 0 Å².